The third kappa shape index (κ3) is 2.45. The molecule has 0 radical (unpaired) electrons. The predicted molar refractivity (Wildman–Crippen MR) is 53.0 cm³/mol. The Morgan fingerprint density at radius 1 is 1.43 bits per heavy atom. The number of carbonyl (C=O) groups excluding carboxylic acids is 1. The van der Waals surface area contributed by atoms with Gasteiger partial charge in [0.05, 0.1) is 12.0 Å². The maximum atomic E-state index is 11.5. The van der Waals surface area contributed by atoms with E-state index in [0.717, 1.165) is 32.5 Å². The van der Waals surface area contributed by atoms with Crippen molar-refractivity contribution in [2.45, 2.75) is 25.4 Å². The molecule has 2 fully saturated rings. The van der Waals surface area contributed by atoms with Gasteiger partial charge in [-0.3, -0.25) is 4.79 Å². The van der Waals surface area contributed by atoms with Crippen LogP contribution in [0.5, 0.6) is 0 Å². The Labute approximate surface area is 84.4 Å². The Morgan fingerprint density at radius 2 is 2.29 bits per heavy atom. The summed E-state index contributed by atoms with van der Waals surface area (Å²) in [6.07, 6.45) is 3.73. The van der Waals surface area contributed by atoms with Crippen LogP contribution in [-0.2, 0) is 9.53 Å². The lowest BCUT2D eigenvalue weighted by atomic mass is 10.0. The van der Waals surface area contributed by atoms with E-state index in [1.54, 1.807) is 0 Å². The first-order valence-corrected chi connectivity index (χ1v) is 5.46. The molecule has 0 aromatic rings. The standard InChI is InChI=1S/C10H18N2O2/c13-10(8-5-11-6-8)12-7-9-3-1-2-4-14-9/h8-9,11H,1-7H2,(H,12,13)/t9-/m0/s1. The van der Waals surface area contributed by atoms with Gasteiger partial charge in [0.2, 0.25) is 5.91 Å². The average Bonchev–Trinajstić information content (AvgIpc) is 2.14. The maximum absolute atomic E-state index is 11.5. The summed E-state index contributed by atoms with van der Waals surface area (Å²) in [6.45, 7) is 3.20. The van der Waals surface area contributed by atoms with E-state index in [-0.39, 0.29) is 17.9 Å². The molecule has 80 valence electrons. The summed E-state index contributed by atoms with van der Waals surface area (Å²) >= 11 is 0. The second kappa shape index (κ2) is 4.75. The van der Waals surface area contributed by atoms with Crippen molar-refractivity contribution in [3.63, 3.8) is 0 Å². The second-order valence-corrected chi connectivity index (χ2v) is 4.09. The van der Waals surface area contributed by atoms with Crippen LogP contribution in [0.4, 0.5) is 0 Å². The highest BCUT2D eigenvalue weighted by molar-refractivity contribution is 5.79. The van der Waals surface area contributed by atoms with E-state index in [9.17, 15) is 4.79 Å². The molecule has 0 bridgehead atoms. The van der Waals surface area contributed by atoms with E-state index in [0.29, 0.717) is 6.54 Å². The van der Waals surface area contributed by atoms with Gasteiger partial charge in [0.15, 0.2) is 0 Å². The molecule has 2 rings (SSSR count). The first-order valence-electron chi connectivity index (χ1n) is 5.46. The highest BCUT2D eigenvalue weighted by Crippen LogP contribution is 2.12. The fourth-order valence-corrected chi connectivity index (χ4v) is 1.80. The van der Waals surface area contributed by atoms with Gasteiger partial charge in [-0.15, -0.1) is 0 Å². The van der Waals surface area contributed by atoms with Gasteiger partial charge in [0, 0.05) is 26.2 Å². The zero-order valence-corrected chi connectivity index (χ0v) is 8.42. The molecule has 2 saturated heterocycles. The van der Waals surface area contributed by atoms with Crippen molar-refractivity contribution in [1.29, 1.82) is 0 Å². The molecule has 0 spiro atoms. The number of hydrogen-bond acceptors (Lipinski definition) is 3. The molecule has 0 unspecified atom stereocenters. The molecule has 1 atom stereocenters. The summed E-state index contributed by atoms with van der Waals surface area (Å²) < 4.78 is 5.53. The van der Waals surface area contributed by atoms with Crippen LogP contribution in [0.3, 0.4) is 0 Å². The molecule has 2 heterocycles. The predicted octanol–water partition coefficient (Wildman–Crippen LogP) is -0.109. The SMILES string of the molecule is O=C(NC[C@@H]1CCCCO1)C1CNC1. The Kier molecular flexibility index (Phi) is 3.37. The van der Waals surface area contributed by atoms with Gasteiger partial charge in [-0.05, 0) is 19.3 Å². The summed E-state index contributed by atoms with van der Waals surface area (Å²) in [5.74, 6) is 0.372. The van der Waals surface area contributed by atoms with Crippen LogP contribution < -0.4 is 10.6 Å². The molecular formula is C10H18N2O2. The number of carbonyl (C=O) groups is 1. The quantitative estimate of drug-likeness (QED) is 0.665. The van der Waals surface area contributed by atoms with Crippen LogP contribution in [-0.4, -0.2) is 38.3 Å². The van der Waals surface area contributed by atoms with E-state index in [1.165, 1.54) is 6.42 Å². The molecule has 14 heavy (non-hydrogen) atoms. The van der Waals surface area contributed by atoms with Crippen LogP contribution >= 0.6 is 0 Å². The molecule has 1 amide bonds. The lowest BCUT2D eigenvalue weighted by Gasteiger charge is -2.28. The molecule has 0 aromatic heterocycles. The summed E-state index contributed by atoms with van der Waals surface area (Å²) in [5, 5.41) is 6.04. The van der Waals surface area contributed by atoms with Crippen molar-refractivity contribution < 1.29 is 9.53 Å². The van der Waals surface area contributed by atoms with Crippen LogP contribution in [0, 0.1) is 5.92 Å². The number of ether oxygens (including phenoxy) is 1. The Morgan fingerprint density at radius 3 is 2.86 bits per heavy atom. The molecule has 2 N–H and O–H groups in total. The van der Waals surface area contributed by atoms with Gasteiger partial charge < -0.3 is 15.4 Å². The van der Waals surface area contributed by atoms with Crippen molar-refractivity contribution in [3.05, 3.63) is 0 Å². The van der Waals surface area contributed by atoms with E-state index in [2.05, 4.69) is 10.6 Å². The highest BCUT2D eigenvalue weighted by Gasteiger charge is 2.25. The van der Waals surface area contributed by atoms with Gasteiger partial charge in [-0.2, -0.15) is 0 Å². The average molecular weight is 198 g/mol. The molecule has 2 aliphatic heterocycles. The normalized spacial score (nSPS) is 28.1. The van der Waals surface area contributed by atoms with E-state index in [1.807, 2.05) is 0 Å². The molecule has 0 aromatic carbocycles. The van der Waals surface area contributed by atoms with Crippen LogP contribution in [0.2, 0.25) is 0 Å². The van der Waals surface area contributed by atoms with E-state index in [4.69, 9.17) is 4.74 Å². The first kappa shape index (κ1) is 9.93. The molecule has 4 nitrogen and oxygen atoms in total. The Balaban J connectivity index is 1.62. The molecule has 2 aliphatic rings. The maximum Gasteiger partial charge on any atom is 0.225 e. The van der Waals surface area contributed by atoms with Crippen molar-refractivity contribution in [2.24, 2.45) is 5.92 Å². The second-order valence-electron chi connectivity index (χ2n) is 4.09. The third-order valence-corrected chi connectivity index (χ3v) is 2.93. The van der Waals surface area contributed by atoms with Gasteiger partial charge in [-0.1, -0.05) is 0 Å². The topological polar surface area (TPSA) is 50.4 Å². The first-order chi connectivity index (χ1) is 6.86. The zero-order chi connectivity index (χ0) is 9.80. The number of nitrogens with one attached hydrogen (secondary N) is 2. The fraction of sp³-hybridized carbons (Fsp3) is 0.900. The number of rotatable bonds is 3. The van der Waals surface area contributed by atoms with Crippen LogP contribution in [0.25, 0.3) is 0 Å². The third-order valence-electron chi connectivity index (χ3n) is 2.93. The summed E-state index contributed by atoms with van der Waals surface area (Å²) in [5.41, 5.74) is 0. The molecular weight excluding hydrogens is 180 g/mol. The summed E-state index contributed by atoms with van der Waals surface area (Å²) in [4.78, 5) is 11.5. The van der Waals surface area contributed by atoms with E-state index >= 15 is 0 Å². The minimum absolute atomic E-state index is 0.179. The van der Waals surface area contributed by atoms with Crippen molar-refractivity contribution in [1.82, 2.24) is 10.6 Å². The van der Waals surface area contributed by atoms with Gasteiger partial charge in [0.25, 0.3) is 0 Å². The minimum atomic E-state index is 0.179. The molecule has 0 saturated carbocycles. The van der Waals surface area contributed by atoms with Crippen LogP contribution in [0.15, 0.2) is 0 Å². The van der Waals surface area contributed by atoms with Crippen LogP contribution in [0.1, 0.15) is 19.3 Å². The number of amides is 1. The molecule has 0 aliphatic carbocycles. The number of hydrogen-bond donors (Lipinski definition) is 2. The Bertz CT molecular complexity index is 198. The highest BCUT2D eigenvalue weighted by atomic mass is 16.5. The van der Waals surface area contributed by atoms with Gasteiger partial charge in [0.1, 0.15) is 0 Å². The smallest absolute Gasteiger partial charge is 0.225 e. The monoisotopic (exact) mass is 198 g/mol. The fourth-order valence-electron chi connectivity index (χ4n) is 1.80. The van der Waals surface area contributed by atoms with Crippen molar-refractivity contribution in [3.8, 4) is 0 Å². The van der Waals surface area contributed by atoms with Crippen molar-refractivity contribution in [2.75, 3.05) is 26.2 Å². The zero-order valence-electron chi connectivity index (χ0n) is 8.42. The van der Waals surface area contributed by atoms with Gasteiger partial charge in [-0.25, -0.2) is 0 Å². The summed E-state index contributed by atoms with van der Waals surface area (Å²) in [7, 11) is 0. The minimum Gasteiger partial charge on any atom is -0.376 e. The van der Waals surface area contributed by atoms with Gasteiger partial charge >= 0.3 is 0 Å². The lowest BCUT2D eigenvalue weighted by molar-refractivity contribution is -0.127. The van der Waals surface area contributed by atoms with Crippen molar-refractivity contribution >= 4 is 5.91 Å². The largest absolute Gasteiger partial charge is 0.376 e. The Hall–Kier alpha value is -0.610. The lowest BCUT2D eigenvalue weighted by Crippen LogP contribution is -2.52. The molecule has 4 heteroatoms. The van der Waals surface area contributed by atoms with E-state index < -0.39 is 0 Å². The summed E-state index contributed by atoms with van der Waals surface area (Å²) in [6, 6.07) is 0.